The zero-order valence-electron chi connectivity index (χ0n) is 12.9. The smallest absolute Gasteiger partial charge is 0.244 e. The number of nitrogens with one attached hydrogen (secondary N) is 1. The molecule has 0 saturated heterocycles. The molecule has 1 N–H and O–H groups in total. The first-order chi connectivity index (χ1) is 11.6. The molecule has 3 rings (SSSR count). The summed E-state index contributed by atoms with van der Waals surface area (Å²) in [6, 6.07) is 12.8. The van der Waals surface area contributed by atoms with Gasteiger partial charge in [0.25, 0.3) is 0 Å². The molecule has 0 aliphatic rings. The molecule has 24 heavy (non-hydrogen) atoms. The molecule has 0 unspecified atom stereocenters. The van der Waals surface area contributed by atoms with Crippen LogP contribution in [0.15, 0.2) is 42.5 Å². The van der Waals surface area contributed by atoms with Crippen molar-refractivity contribution in [2.24, 2.45) is 0 Å². The molecule has 0 saturated carbocycles. The van der Waals surface area contributed by atoms with Crippen LogP contribution in [0, 0.1) is 0 Å². The Balaban J connectivity index is 1.85. The molecule has 1 heterocycles. The first kappa shape index (κ1) is 17.1. The summed E-state index contributed by atoms with van der Waals surface area (Å²) < 4.78 is 1.94. The van der Waals surface area contributed by atoms with Crippen molar-refractivity contribution in [3.05, 3.63) is 58.3 Å². The molecule has 0 atom stereocenters. The topological polar surface area (TPSA) is 46.9 Å². The van der Waals surface area contributed by atoms with E-state index in [1.807, 2.05) is 35.1 Å². The fourth-order valence-electron chi connectivity index (χ4n) is 2.51. The lowest BCUT2D eigenvalue weighted by molar-refractivity contribution is -0.116. The number of carbonyl (C=O) groups excluding carboxylic acids is 1. The van der Waals surface area contributed by atoms with Crippen molar-refractivity contribution in [3.63, 3.8) is 0 Å². The summed E-state index contributed by atoms with van der Waals surface area (Å²) in [4.78, 5) is 17.1. The number of aromatic nitrogens is 2. The zero-order valence-corrected chi connectivity index (χ0v) is 15.3. The predicted octanol–water partition coefficient (Wildman–Crippen LogP) is 4.84. The molecule has 0 spiro atoms. The second kappa shape index (κ2) is 7.47. The Morgan fingerprint density at radius 3 is 2.62 bits per heavy atom. The normalized spacial score (nSPS) is 11.0. The van der Waals surface area contributed by atoms with Gasteiger partial charge >= 0.3 is 0 Å². The zero-order chi connectivity index (χ0) is 17.1. The number of carbonyl (C=O) groups is 1. The molecule has 4 nitrogen and oxygen atoms in total. The number of hydrogen-bond donors (Lipinski definition) is 1. The van der Waals surface area contributed by atoms with Crippen LogP contribution in [0.5, 0.6) is 0 Å². The molecule has 1 aromatic heterocycles. The number of thioether (sulfide) groups is 1. The Hall–Kier alpha value is -1.69. The van der Waals surface area contributed by atoms with Crippen molar-refractivity contribution in [3.8, 4) is 0 Å². The summed E-state index contributed by atoms with van der Waals surface area (Å²) in [5, 5.41) is 3.79. The number of nitrogens with zero attached hydrogens (tertiary/aromatic N) is 2. The van der Waals surface area contributed by atoms with Gasteiger partial charge in [-0.25, -0.2) is 4.98 Å². The maximum atomic E-state index is 12.4. The van der Waals surface area contributed by atoms with Crippen molar-refractivity contribution in [1.82, 2.24) is 9.55 Å². The van der Waals surface area contributed by atoms with Crippen LogP contribution in [0.3, 0.4) is 0 Å². The summed E-state index contributed by atoms with van der Waals surface area (Å²) >= 11 is 13.6. The van der Waals surface area contributed by atoms with Crippen molar-refractivity contribution < 1.29 is 4.79 Å². The Labute approximate surface area is 154 Å². The van der Waals surface area contributed by atoms with Gasteiger partial charge in [-0.2, -0.15) is 11.8 Å². The summed E-state index contributed by atoms with van der Waals surface area (Å²) in [6.07, 6.45) is 2.01. The van der Waals surface area contributed by atoms with E-state index in [-0.39, 0.29) is 12.5 Å². The van der Waals surface area contributed by atoms with Gasteiger partial charge in [0.2, 0.25) is 5.91 Å². The fraction of sp³-hybridized carbons (Fsp3) is 0.176. The highest BCUT2D eigenvalue weighted by Gasteiger charge is 2.13. The van der Waals surface area contributed by atoms with Gasteiger partial charge in [-0.15, -0.1) is 0 Å². The quantitative estimate of drug-likeness (QED) is 0.689. The molecular weight excluding hydrogens is 365 g/mol. The molecule has 2 aromatic carbocycles. The van der Waals surface area contributed by atoms with Crippen LogP contribution in [0.1, 0.15) is 5.82 Å². The van der Waals surface area contributed by atoms with E-state index in [0.29, 0.717) is 15.7 Å². The average Bonchev–Trinajstić information content (AvgIpc) is 2.84. The van der Waals surface area contributed by atoms with E-state index < -0.39 is 0 Å². The summed E-state index contributed by atoms with van der Waals surface area (Å²) in [7, 11) is 0. The third-order valence-electron chi connectivity index (χ3n) is 3.46. The Bertz CT molecular complexity index is 874. The number of amides is 1. The number of benzene rings is 2. The third-order valence-corrected chi connectivity index (χ3v) is 4.44. The molecule has 1 amide bonds. The number of halogens is 2. The van der Waals surface area contributed by atoms with Gasteiger partial charge in [0.15, 0.2) is 0 Å². The number of fused-ring (bicyclic) bond motifs is 1. The molecule has 0 aliphatic heterocycles. The van der Waals surface area contributed by atoms with Crippen molar-refractivity contribution in [1.29, 1.82) is 0 Å². The van der Waals surface area contributed by atoms with Crippen LogP contribution in [0.2, 0.25) is 10.0 Å². The van der Waals surface area contributed by atoms with E-state index in [9.17, 15) is 4.79 Å². The maximum absolute atomic E-state index is 12.4. The van der Waals surface area contributed by atoms with Crippen LogP contribution < -0.4 is 5.32 Å². The van der Waals surface area contributed by atoms with E-state index in [2.05, 4.69) is 10.3 Å². The standard InChI is InChI=1S/C17H15Cl2N3OS/c1-24-10-16-21-14-4-2-3-5-15(14)22(16)9-17(23)20-13-7-11(18)6-12(19)8-13/h2-8H,9-10H2,1H3,(H,20,23). The highest BCUT2D eigenvalue weighted by molar-refractivity contribution is 7.97. The van der Waals surface area contributed by atoms with Gasteiger partial charge in [-0.3, -0.25) is 4.79 Å². The summed E-state index contributed by atoms with van der Waals surface area (Å²) in [6.45, 7) is 0.181. The van der Waals surface area contributed by atoms with Crippen LogP contribution in [-0.2, 0) is 17.1 Å². The molecule has 124 valence electrons. The lowest BCUT2D eigenvalue weighted by atomic mass is 10.3. The monoisotopic (exact) mass is 379 g/mol. The predicted molar refractivity (Wildman–Crippen MR) is 102 cm³/mol. The second-order valence-electron chi connectivity index (χ2n) is 5.24. The van der Waals surface area contributed by atoms with E-state index in [1.54, 1.807) is 30.0 Å². The average molecular weight is 380 g/mol. The van der Waals surface area contributed by atoms with Crippen molar-refractivity contribution >= 4 is 57.6 Å². The lowest BCUT2D eigenvalue weighted by Crippen LogP contribution is -2.20. The van der Waals surface area contributed by atoms with Crippen LogP contribution in [0.4, 0.5) is 5.69 Å². The molecule has 0 fully saturated rings. The Morgan fingerprint density at radius 1 is 1.21 bits per heavy atom. The Morgan fingerprint density at radius 2 is 1.92 bits per heavy atom. The number of rotatable bonds is 5. The molecule has 0 bridgehead atoms. The summed E-state index contributed by atoms with van der Waals surface area (Å²) in [5.41, 5.74) is 2.41. The van der Waals surface area contributed by atoms with E-state index in [0.717, 1.165) is 22.6 Å². The van der Waals surface area contributed by atoms with Gasteiger partial charge in [-0.05, 0) is 36.6 Å². The van der Waals surface area contributed by atoms with Gasteiger partial charge < -0.3 is 9.88 Å². The first-order valence-corrected chi connectivity index (χ1v) is 9.41. The first-order valence-electron chi connectivity index (χ1n) is 7.26. The largest absolute Gasteiger partial charge is 0.324 e. The third kappa shape index (κ3) is 3.86. The minimum Gasteiger partial charge on any atom is -0.324 e. The number of hydrogen-bond acceptors (Lipinski definition) is 3. The number of para-hydroxylation sites is 2. The highest BCUT2D eigenvalue weighted by Crippen LogP contribution is 2.23. The highest BCUT2D eigenvalue weighted by atomic mass is 35.5. The van der Waals surface area contributed by atoms with Gasteiger partial charge in [0.1, 0.15) is 12.4 Å². The minimum absolute atomic E-state index is 0.154. The fourth-order valence-corrected chi connectivity index (χ4v) is 3.52. The van der Waals surface area contributed by atoms with Gasteiger partial charge in [-0.1, -0.05) is 35.3 Å². The van der Waals surface area contributed by atoms with Gasteiger partial charge in [0, 0.05) is 15.7 Å². The molecule has 0 aliphatic carbocycles. The molecule has 0 radical (unpaired) electrons. The van der Waals surface area contributed by atoms with Crippen molar-refractivity contribution in [2.45, 2.75) is 12.3 Å². The second-order valence-corrected chi connectivity index (χ2v) is 6.98. The molecular formula is C17H15Cl2N3OS. The maximum Gasteiger partial charge on any atom is 0.244 e. The van der Waals surface area contributed by atoms with E-state index in [1.165, 1.54) is 0 Å². The number of imidazole rings is 1. The van der Waals surface area contributed by atoms with E-state index >= 15 is 0 Å². The van der Waals surface area contributed by atoms with Crippen LogP contribution in [-0.4, -0.2) is 21.7 Å². The van der Waals surface area contributed by atoms with E-state index in [4.69, 9.17) is 23.2 Å². The molecule has 3 aromatic rings. The Kier molecular flexibility index (Phi) is 5.33. The van der Waals surface area contributed by atoms with Crippen molar-refractivity contribution in [2.75, 3.05) is 11.6 Å². The van der Waals surface area contributed by atoms with Crippen LogP contribution in [0.25, 0.3) is 11.0 Å². The SMILES string of the molecule is CSCc1nc2ccccc2n1CC(=O)Nc1cc(Cl)cc(Cl)c1. The minimum atomic E-state index is -0.154. The number of anilines is 1. The van der Waals surface area contributed by atoms with Gasteiger partial charge in [0.05, 0.1) is 16.8 Å². The lowest BCUT2D eigenvalue weighted by Gasteiger charge is -2.10. The molecule has 7 heteroatoms. The summed E-state index contributed by atoms with van der Waals surface area (Å²) in [5.74, 6) is 1.46. The van der Waals surface area contributed by atoms with Crippen LogP contribution >= 0.6 is 35.0 Å².